The van der Waals surface area contributed by atoms with Crippen molar-refractivity contribution >= 4 is 18.0 Å². The molecule has 8 nitrogen and oxygen atoms in total. The molecule has 5 rings (SSSR count). The highest BCUT2D eigenvalue weighted by molar-refractivity contribution is 5.85. The number of hydrogen-bond acceptors (Lipinski definition) is 5. The van der Waals surface area contributed by atoms with Crippen LogP contribution in [0.1, 0.15) is 45.9 Å². The van der Waals surface area contributed by atoms with Crippen LogP contribution in [0.3, 0.4) is 0 Å². The van der Waals surface area contributed by atoms with Gasteiger partial charge in [-0.1, -0.05) is 54.6 Å². The average molecular weight is 472 g/mol. The Hall–Kier alpha value is -4.20. The normalized spacial score (nSPS) is 18.1. The van der Waals surface area contributed by atoms with E-state index in [9.17, 15) is 14.4 Å². The maximum atomic E-state index is 12.4. The number of benzene rings is 2. The third-order valence-corrected chi connectivity index (χ3v) is 6.69. The second-order valence-corrected chi connectivity index (χ2v) is 8.91. The van der Waals surface area contributed by atoms with E-state index in [-0.39, 0.29) is 42.6 Å². The van der Waals surface area contributed by atoms with Crippen LogP contribution in [0, 0.1) is 5.92 Å². The van der Waals surface area contributed by atoms with Crippen molar-refractivity contribution in [2.75, 3.05) is 6.61 Å². The maximum Gasteiger partial charge on any atom is 0.407 e. The van der Waals surface area contributed by atoms with Crippen molar-refractivity contribution in [2.24, 2.45) is 5.92 Å². The van der Waals surface area contributed by atoms with E-state index in [2.05, 4.69) is 39.9 Å². The summed E-state index contributed by atoms with van der Waals surface area (Å²) in [6.07, 6.45) is 2.06. The number of fused-ring (bicyclic) bond motifs is 3. The molecule has 1 fully saturated rings. The number of alkyl carbamates (subject to hydrolysis) is 1. The van der Waals surface area contributed by atoms with Gasteiger partial charge in [-0.25, -0.2) is 14.6 Å². The lowest BCUT2D eigenvalue weighted by Crippen LogP contribution is -2.49. The van der Waals surface area contributed by atoms with Crippen molar-refractivity contribution in [3.05, 3.63) is 89.2 Å². The highest BCUT2D eigenvalue weighted by Crippen LogP contribution is 2.44. The van der Waals surface area contributed by atoms with Crippen LogP contribution >= 0.6 is 0 Å². The van der Waals surface area contributed by atoms with Crippen LogP contribution in [0.2, 0.25) is 0 Å². The van der Waals surface area contributed by atoms with Gasteiger partial charge in [0.1, 0.15) is 12.3 Å². The van der Waals surface area contributed by atoms with E-state index >= 15 is 0 Å². The predicted octanol–water partition coefficient (Wildman–Crippen LogP) is 3.71. The Balaban J connectivity index is 1.06. The Morgan fingerprint density at radius 3 is 2.20 bits per heavy atom. The molecule has 35 heavy (non-hydrogen) atoms. The fraction of sp³-hybridized carbons (Fsp3) is 0.259. The van der Waals surface area contributed by atoms with Crippen LogP contribution in [0.25, 0.3) is 11.1 Å². The molecule has 178 valence electrons. The average Bonchev–Trinajstić information content (AvgIpc) is 3.17. The summed E-state index contributed by atoms with van der Waals surface area (Å²) in [7, 11) is 0. The number of pyridine rings is 1. The van der Waals surface area contributed by atoms with E-state index < -0.39 is 12.1 Å². The summed E-state index contributed by atoms with van der Waals surface area (Å²) in [5.74, 6) is -1.37. The van der Waals surface area contributed by atoms with Crippen molar-refractivity contribution in [2.45, 2.75) is 31.3 Å². The summed E-state index contributed by atoms with van der Waals surface area (Å²) in [6.45, 7) is 0.526. The van der Waals surface area contributed by atoms with Gasteiger partial charge in [-0.15, -0.1) is 0 Å². The molecule has 0 bridgehead atoms. The summed E-state index contributed by atoms with van der Waals surface area (Å²) in [6, 6.07) is 19.3. The smallest absolute Gasteiger partial charge is 0.407 e. The van der Waals surface area contributed by atoms with Gasteiger partial charge in [0.2, 0.25) is 5.91 Å². The number of ether oxygens (including phenoxy) is 1. The van der Waals surface area contributed by atoms with Crippen molar-refractivity contribution in [3.63, 3.8) is 0 Å². The van der Waals surface area contributed by atoms with Gasteiger partial charge < -0.3 is 20.5 Å². The van der Waals surface area contributed by atoms with Crippen LogP contribution in [0.15, 0.2) is 66.9 Å². The Labute approximate surface area is 202 Å². The largest absolute Gasteiger partial charge is 0.477 e. The zero-order valence-corrected chi connectivity index (χ0v) is 18.9. The minimum Gasteiger partial charge on any atom is -0.477 e. The highest BCUT2D eigenvalue weighted by atomic mass is 16.5. The molecule has 1 saturated carbocycles. The number of carbonyl (C=O) groups excluding carboxylic acids is 2. The molecule has 1 aromatic heterocycles. The molecule has 0 spiro atoms. The number of carboxylic acids is 1. The molecular formula is C27H25N3O5. The van der Waals surface area contributed by atoms with Crippen molar-refractivity contribution in [3.8, 4) is 11.1 Å². The van der Waals surface area contributed by atoms with Crippen molar-refractivity contribution in [1.29, 1.82) is 0 Å². The molecule has 8 heteroatoms. The third-order valence-electron chi connectivity index (χ3n) is 6.69. The van der Waals surface area contributed by atoms with Crippen molar-refractivity contribution < 1.29 is 24.2 Å². The van der Waals surface area contributed by atoms with Gasteiger partial charge in [-0.2, -0.15) is 0 Å². The molecule has 2 amide bonds. The zero-order valence-electron chi connectivity index (χ0n) is 18.9. The number of aromatic nitrogens is 1. The predicted molar refractivity (Wildman–Crippen MR) is 128 cm³/mol. The molecular weight excluding hydrogens is 446 g/mol. The number of rotatable bonds is 7. The Kier molecular flexibility index (Phi) is 6.18. The molecule has 0 atom stereocenters. The summed E-state index contributed by atoms with van der Waals surface area (Å²) in [5, 5.41) is 14.6. The minimum atomic E-state index is -1.09. The molecule has 0 unspecified atom stereocenters. The summed E-state index contributed by atoms with van der Waals surface area (Å²) >= 11 is 0. The van der Waals surface area contributed by atoms with Gasteiger partial charge >= 0.3 is 12.1 Å². The zero-order chi connectivity index (χ0) is 24.4. The number of nitrogens with zero attached hydrogens (tertiary/aromatic N) is 1. The lowest BCUT2D eigenvalue weighted by atomic mass is 9.79. The molecule has 2 aliphatic rings. The highest BCUT2D eigenvalue weighted by Gasteiger charge is 2.36. The SMILES string of the molecule is O=C(NC1CC(C(=O)NCc2ccc(C(=O)O)nc2)C1)OCC1c2ccccc2-c2ccccc21. The van der Waals surface area contributed by atoms with Gasteiger partial charge in [0.25, 0.3) is 0 Å². The van der Waals surface area contributed by atoms with E-state index in [1.165, 1.54) is 23.4 Å². The first-order valence-electron chi connectivity index (χ1n) is 11.6. The summed E-state index contributed by atoms with van der Waals surface area (Å²) < 4.78 is 5.57. The fourth-order valence-corrected chi connectivity index (χ4v) is 4.75. The first kappa shape index (κ1) is 22.6. The number of carboxylic acid groups (broad SMARTS) is 1. The van der Waals surface area contributed by atoms with E-state index in [1.54, 1.807) is 6.07 Å². The van der Waals surface area contributed by atoms with Crippen LogP contribution < -0.4 is 10.6 Å². The monoisotopic (exact) mass is 471 g/mol. The van der Waals surface area contributed by atoms with Gasteiger partial charge in [0, 0.05) is 30.6 Å². The van der Waals surface area contributed by atoms with Crippen molar-refractivity contribution in [1.82, 2.24) is 15.6 Å². The molecule has 0 aliphatic heterocycles. The number of nitrogens with one attached hydrogen (secondary N) is 2. The Bertz CT molecular complexity index is 1220. The van der Waals surface area contributed by atoms with Gasteiger partial charge in [0.15, 0.2) is 0 Å². The first-order valence-corrected chi connectivity index (χ1v) is 11.6. The number of hydrogen-bond donors (Lipinski definition) is 3. The molecule has 0 radical (unpaired) electrons. The quantitative estimate of drug-likeness (QED) is 0.484. The second-order valence-electron chi connectivity index (χ2n) is 8.91. The minimum absolute atomic E-state index is 0.00659. The lowest BCUT2D eigenvalue weighted by Gasteiger charge is -2.34. The fourth-order valence-electron chi connectivity index (χ4n) is 4.75. The molecule has 2 aliphatic carbocycles. The topological polar surface area (TPSA) is 118 Å². The standard InChI is InChI=1S/C27H25N3O5/c31-25(29-14-16-9-10-24(26(32)33)28-13-16)17-11-18(12-17)30-27(34)35-15-23-21-7-3-1-5-19(21)20-6-2-4-8-22(20)23/h1-10,13,17-18,23H,11-12,14-15H2,(H,29,31)(H,30,34)(H,32,33). The van der Waals surface area contributed by atoms with Crippen LogP contribution in [-0.2, 0) is 16.1 Å². The van der Waals surface area contributed by atoms with Crippen LogP contribution in [0.5, 0.6) is 0 Å². The molecule has 0 saturated heterocycles. The van der Waals surface area contributed by atoms with Crippen LogP contribution in [-0.4, -0.2) is 40.7 Å². The van der Waals surface area contributed by atoms with E-state index in [0.29, 0.717) is 12.8 Å². The Morgan fingerprint density at radius 2 is 1.60 bits per heavy atom. The molecule has 3 aromatic rings. The maximum absolute atomic E-state index is 12.4. The number of amides is 2. The molecule has 1 heterocycles. The first-order chi connectivity index (χ1) is 17.0. The molecule has 3 N–H and O–H groups in total. The lowest BCUT2D eigenvalue weighted by molar-refractivity contribution is -0.128. The van der Waals surface area contributed by atoms with Gasteiger partial charge in [0.05, 0.1) is 0 Å². The van der Waals surface area contributed by atoms with Crippen LogP contribution in [0.4, 0.5) is 4.79 Å². The number of aromatic carboxylic acids is 1. The summed E-state index contributed by atoms with van der Waals surface area (Å²) in [5.41, 5.74) is 5.36. The molecule has 2 aromatic carbocycles. The second kappa shape index (κ2) is 9.58. The van der Waals surface area contributed by atoms with E-state index in [4.69, 9.17) is 9.84 Å². The third kappa shape index (κ3) is 4.73. The van der Waals surface area contributed by atoms with Gasteiger partial charge in [-0.3, -0.25) is 4.79 Å². The van der Waals surface area contributed by atoms with E-state index in [1.807, 2.05) is 24.3 Å². The summed E-state index contributed by atoms with van der Waals surface area (Å²) in [4.78, 5) is 39.5. The Morgan fingerprint density at radius 1 is 0.943 bits per heavy atom. The van der Waals surface area contributed by atoms with Gasteiger partial charge in [-0.05, 0) is 46.7 Å². The van der Waals surface area contributed by atoms with E-state index in [0.717, 1.165) is 16.7 Å². The number of carbonyl (C=O) groups is 3.